The second-order valence-electron chi connectivity index (χ2n) is 3.12. The maximum Gasteiger partial charge on any atom is 0.372 e. The molecular weight excluding hydrogens is 182 g/mol. The van der Waals surface area contributed by atoms with Gasteiger partial charge in [-0.05, 0) is 25.1 Å². The molecule has 72 valence electrons. The third-order valence-electron chi connectivity index (χ3n) is 2.15. The van der Waals surface area contributed by atoms with E-state index in [9.17, 15) is 4.79 Å². The largest absolute Gasteiger partial charge is 0.475 e. The Kier molecular flexibility index (Phi) is 1.70. The molecule has 0 fully saturated rings. The number of aryl methyl sites for hydroxylation is 1. The second-order valence-corrected chi connectivity index (χ2v) is 3.12. The van der Waals surface area contributed by atoms with E-state index < -0.39 is 5.97 Å². The van der Waals surface area contributed by atoms with Crippen molar-refractivity contribution in [3.63, 3.8) is 0 Å². The Morgan fingerprint density at radius 2 is 2.21 bits per heavy atom. The zero-order valence-corrected chi connectivity index (χ0v) is 7.57. The minimum Gasteiger partial charge on any atom is -0.475 e. The lowest BCUT2D eigenvalue weighted by Gasteiger charge is -1.91. The van der Waals surface area contributed by atoms with Crippen molar-refractivity contribution >= 4 is 22.6 Å². The number of hydrogen-bond donors (Lipinski definition) is 2. The van der Waals surface area contributed by atoms with E-state index in [1.807, 2.05) is 0 Å². The lowest BCUT2D eigenvalue weighted by atomic mass is 10.1. The van der Waals surface area contributed by atoms with Gasteiger partial charge in [-0.2, -0.15) is 0 Å². The molecule has 0 unspecified atom stereocenters. The summed E-state index contributed by atoms with van der Waals surface area (Å²) in [6.45, 7) is 1.70. The normalized spacial score (nSPS) is 10.6. The van der Waals surface area contributed by atoms with E-state index in [1.54, 1.807) is 25.1 Å². The van der Waals surface area contributed by atoms with Crippen LogP contribution >= 0.6 is 0 Å². The van der Waals surface area contributed by atoms with Crippen LogP contribution in [-0.2, 0) is 0 Å². The third-order valence-corrected chi connectivity index (χ3v) is 2.15. The van der Waals surface area contributed by atoms with Gasteiger partial charge in [0.2, 0.25) is 5.76 Å². The number of anilines is 1. The van der Waals surface area contributed by atoms with E-state index in [0.29, 0.717) is 16.8 Å². The molecule has 2 rings (SSSR count). The van der Waals surface area contributed by atoms with Crippen LogP contribution in [0.1, 0.15) is 16.1 Å². The Bertz CT molecular complexity index is 513. The second kappa shape index (κ2) is 2.77. The maximum atomic E-state index is 10.8. The molecule has 0 spiro atoms. The summed E-state index contributed by atoms with van der Waals surface area (Å²) >= 11 is 0. The first-order valence-corrected chi connectivity index (χ1v) is 4.11. The van der Waals surface area contributed by atoms with Crippen LogP contribution in [0.5, 0.6) is 0 Å². The smallest absolute Gasteiger partial charge is 0.372 e. The van der Waals surface area contributed by atoms with Crippen molar-refractivity contribution in [3.8, 4) is 0 Å². The van der Waals surface area contributed by atoms with Gasteiger partial charge >= 0.3 is 5.97 Å². The van der Waals surface area contributed by atoms with Crippen molar-refractivity contribution in [2.45, 2.75) is 6.92 Å². The molecule has 1 aromatic carbocycles. The number of furan rings is 1. The molecule has 0 aliphatic rings. The molecule has 0 amide bonds. The SMILES string of the molecule is Cc1c(C(=O)O)oc2ccc(N)cc12. The molecule has 1 aromatic heterocycles. The molecule has 0 aliphatic heterocycles. The molecule has 14 heavy (non-hydrogen) atoms. The molecule has 0 saturated heterocycles. The summed E-state index contributed by atoms with van der Waals surface area (Å²) in [6.07, 6.45) is 0. The fourth-order valence-corrected chi connectivity index (χ4v) is 1.44. The highest BCUT2D eigenvalue weighted by Crippen LogP contribution is 2.26. The van der Waals surface area contributed by atoms with E-state index in [-0.39, 0.29) is 5.76 Å². The first kappa shape index (κ1) is 8.62. The predicted octanol–water partition coefficient (Wildman–Crippen LogP) is 2.02. The number of carboxylic acids is 1. The molecule has 0 bridgehead atoms. The van der Waals surface area contributed by atoms with Crippen LogP contribution in [0.2, 0.25) is 0 Å². The third kappa shape index (κ3) is 1.12. The van der Waals surface area contributed by atoms with Crippen molar-refractivity contribution < 1.29 is 14.3 Å². The molecule has 4 nitrogen and oxygen atoms in total. The monoisotopic (exact) mass is 191 g/mol. The average Bonchev–Trinajstić information content (AvgIpc) is 2.44. The summed E-state index contributed by atoms with van der Waals surface area (Å²) in [5.41, 5.74) is 7.35. The summed E-state index contributed by atoms with van der Waals surface area (Å²) in [5.74, 6) is -1.08. The number of carboxylic acid groups (broad SMARTS) is 1. The fourth-order valence-electron chi connectivity index (χ4n) is 1.44. The quantitative estimate of drug-likeness (QED) is 0.676. The molecule has 1 heterocycles. The van der Waals surface area contributed by atoms with Crippen LogP contribution in [0, 0.1) is 6.92 Å². The minimum absolute atomic E-state index is 0.0226. The topological polar surface area (TPSA) is 76.5 Å². The van der Waals surface area contributed by atoms with Gasteiger partial charge in [-0.25, -0.2) is 4.79 Å². The van der Waals surface area contributed by atoms with Crippen LogP contribution in [0.15, 0.2) is 22.6 Å². The van der Waals surface area contributed by atoms with Crippen molar-refractivity contribution in [2.75, 3.05) is 5.73 Å². The van der Waals surface area contributed by atoms with Crippen LogP contribution in [0.4, 0.5) is 5.69 Å². The Morgan fingerprint density at radius 1 is 1.50 bits per heavy atom. The standard InChI is InChI=1S/C10H9NO3/c1-5-7-4-6(11)2-3-8(7)14-9(5)10(12)13/h2-4H,11H2,1H3,(H,12,13). The first-order valence-electron chi connectivity index (χ1n) is 4.11. The van der Waals surface area contributed by atoms with Gasteiger partial charge in [-0.15, -0.1) is 0 Å². The Labute approximate surface area is 79.9 Å². The predicted molar refractivity (Wildman–Crippen MR) is 52.3 cm³/mol. The van der Waals surface area contributed by atoms with E-state index in [1.165, 1.54) is 0 Å². The van der Waals surface area contributed by atoms with Crippen molar-refractivity contribution in [2.24, 2.45) is 0 Å². The zero-order chi connectivity index (χ0) is 10.3. The van der Waals surface area contributed by atoms with Gasteiger partial charge in [0.1, 0.15) is 5.58 Å². The molecule has 4 heteroatoms. The minimum atomic E-state index is -1.06. The van der Waals surface area contributed by atoms with E-state index in [0.717, 1.165) is 5.39 Å². The molecule has 0 radical (unpaired) electrons. The van der Waals surface area contributed by atoms with Gasteiger partial charge in [0, 0.05) is 16.6 Å². The number of hydrogen-bond acceptors (Lipinski definition) is 3. The maximum absolute atomic E-state index is 10.8. The highest BCUT2D eigenvalue weighted by Gasteiger charge is 2.15. The highest BCUT2D eigenvalue weighted by atomic mass is 16.4. The van der Waals surface area contributed by atoms with Crippen molar-refractivity contribution in [1.82, 2.24) is 0 Å². The fraction of sp³-hybridized carbons (Fsp3) is 0.100. The number of rotatable bonds is 1. The van der Waals surface area contributed by atoms with Crippen LogP contribution in [0.3, 0.4) is 0 Å². The molecule has 2 aromatic rings. The van der Waals surface area contributed by atoms with Crippen LogP contribution < -0.4 is 5.73 Å². The van der Waals surface area contributed by atoms with E-state index in [2.05, 4.69) is 0 Å². The molecule has 0 atom stereocenters. The lowest BCUT2D eigenvalue weighted by Crippen LogP contribution is -1.95. The lowest BCUT2D eigenvalue weighted by molar-refractivity contribution is 0.0664. The van der Waals surface area contributed by atoms with Crippen LogP contribution in [-0.4, -0.2) is 11.1 Å². The average molecular weight is 191 g/mol. The number of nitrogens with two attached hydrogens (primary N) is 1. The van der Waals surface area contributed by atoms with Crippen molar-refractivity contribution in [1.29, 1.82) is 0 Å². The summed E-state index contributed by atoms with van der Waals surface area (Å²) in [5, 5.41) is 9.56. The summed E-state index contributed by atoms with van der Waals surface area (Å²) in [7, 11) is 0. The first-order chi connectivity index (χ1) is 6.59. The molecule has 0 aliphatic carbocycles. The number of benzene rings is 1. The summed E-state index contributed by atoms with van der Waals surface area (Å²) in [4.78, 5) is 10.8. The summed E-state index contributed by atoms with van der Waals surface area (Å²) < 4.78 is 5.16. The van der Waals surface area contributed by atoms with Gasteiger partial charge in [0.05, 0.1) is 0 Å². The molecular formula is C10H9NO3. The Hall–Kier alpha value is -1.97. The van der Waals surface area contributed by atoms with Gasteiger partial charge in [0.15, 0.2) is 0 Å². The Morgan fingerprint density at radius 3 is 2.86 bits per heavy atom. The van der Waals surface area contributed by atoms with Gasteiger partial charge < -0.3 is 15.3 Å². The van der Waals surface area contributed by atoms with Gasteiger partial charge in [-0.3, -0.25) is 0 Å². The number of fused-ring (bicyclic) bond motifs is 1. The molecule has 3 N–H and O–H groups in total. The van der Waals surface area contributed by atoms with E-state index in [4.69, 9.17) is 15.3 Å². The number of carbonyl (C=O) groups is 1. The van der Waals surface area contributed by atoms with Gasteiger partial charge in [-0.1, -0.05) is 0 Å². The molecule has 0 saturated carbocycles. The summed E-state index contributed by atoms with van der Waals surface area (Å²) in [6, 6.07) is 5.06. The van der Waals surface area contributed by atoms with E-state index >= 15 is 0 Å². The van der Waals surface area contributed by atoms with Crippen molar-refractivity contribution in [3.05, 3.63) is 29.5 Å². The number of aromatic carboxylic acids is 1. The van der Waals surface area contributed by atoms with Gasteiger partial charge in [0.25, 0.3) is 0 Å². The number of nitrogen functional groups attached to an aromatic ring is 1. The zero-order valence-electron chi connectivity index (χ0n) is 7.57. The highest BCUT2D eigenvalue weighted by molar-refractivity contribution is 5.95. The Balaban J connectivity index is 2.80. The van der Waals surface area contributed by atoms with Crippen LogP contribution in [0.25, 0.3) is 11.0 Å².